The minimum Gasteiger partial charge on any atom is -0.357 e. The first-order valence-corrected chi connectivity index (χ1v) is 13.3. The van der Waals surface area contributed by atoms with Gasteiger partial charge >= 0.3 is 0 Å². The molecule has 0 saturated carbocycles. The highest BCUT2D eigenvalue weighted by Crippen LogP contribution is 2.36. The van der Waals surface area contributed by atoms with E-state index in [1.165, 1.54) is 24.6 Å². The molecule has 2 fully saturated rings. The fourth-order valence-corrected chi connectivity index (χ4v) is 5.72. The molecule has 1 aromatic rings. The maximum atomic E-state index is 13.3. The summed E-state index contributed by atoms with van der Waals surface area (Å²) in [4.78, 5) is 31.0. The molecule has 33 heavy (non-hydrogen) atoms. The van der Waals surface area contributed by atoms with Crippen LogP contribution < -0.4 is 10.5 Å². The number of pyridine rings is 1. The Balaban J connectivity index is 2.19. The number of rotatable bonds is 8. The predicted octanol–water partition coefficient (Wildman–Crippen LogP) is 5.21. The zero-order valence-corrected chi connectivity index (χ0v) is 21.6. The normalized spacial score (nSPS) is 18.2. The molecular weight excluding hydrogens is 452 g/mol. The van der Waals surface area contributed by atoms with Gasteiger partial charge in [0, 0.05) is 31.7 Å². The molecule has 0 unspecified atom stereocenters. The van der Waals surface area contributed by atoms with Crippen LogP contribution in [0, 0.1) is 18.3 Å². The lowest BCUT2D eigenvalue weighted by molar-refractivity contribution is -0.122. The highest BCUT2D eigenvalue weighted by atomic mass is 32.2. The smallest absolute Gasteiger partial charge is 0.270 e. The minimum absolute atomic E-state index is 0.0792. The summed E-state index contributed by atoms with van der Waals surface area (Å²) >= 11 is 6.81. The Kier molecular flexibility index (Phi) is 9.16. The fourth-order valence-electron chi connectivity index (χ4n) is 4.43. The van der Waals surface area contributed by atoms with E-state index in [9.17, 15) is 14.9 Å². The summed E-state index contributed by atoms with van der Waals surface area (Å²) in [5, 5.41) is 9.82. The third-order valence-corrected chi connectivity index (χ3v) is 7.75. The van der Waals surface area contributed by atoms with Crippen molar-refractivity contribution in [2.75, 3.05) is 24.5 Å². The van der Waals surface area contributed by atoms with Gasteiger partial charge in [-0.15, -0.1) is 0 Å². The minimum atomic E-state index is -0.227. The van der Waals surface area contributed by atoms with E-state index >= 15 is 0 Å². The van der Waals surface area contributed by atoms with Crippen molar-refractivity contribution in [3.05, 3.63) is 31.9 Å². The Hall–Kier alpha value is -2.11. The highest BCUT2D eigenvalue weighted by molar-refractivity contribution is 8.26. The molecule has 8 heteroatoms. The summed E-state index contributed by atoms with van der Waals surface area (Å²) < 4.78 is 2.36. The van der Waals surface area contributed by atoms with E-state index in [0.717, 1.165) is 63.0 Å². The number of hydrogen-bond acceptors (Lipinski definition) is 6. The number of unbranched alkanes of at least 4 members (excludes halogenated alkanes) is 2. The number of thiocarbonyl (C=S) groups is 1. The summed E-state index contributed by atoms with van der Waals surface area (Å²) in [6.07, 6.45) is 10.1. The summed E-state index contributed by atoms with van der Waals surface area (Å²) in [5.74, 6) is 0.773. The number of hydrogen-bond donors (Lipinski definition) is 0. The van der Waals surface area contributed by atoms with Crippen LogP contribution in [0.5, 0.6) is 0 Å². The van der Waals surface area contributed by atoms with Gasteiger partial charge in [0.2, 0.25) is 0 Å². The third kappa shape index (κ3) is 5.52. The van der Waals surface area contributed by atoms with Gasteiger partial charge in [-0.25, -0.2) is 0 Å². The maximum Gasteiger partial charge on any atom is 0.270 e. The largest absolute Gasteiger partial charge is 0.357 e. The second-order valence-corrected chi connectivity index (χ2v) is 10.4. The van der Waals surface area contributed by atoms with E-state index in [1.54, 1.807) is 9.47 Å². The van der Waals surface area contributed by atoms with Crippen molar-refractivity contribution in [3.8, 4) is 6.07 Å². The lowest BCUT2D eigenvalue weighted by atomic mass is 10.0. The number of carbonyl (C=O) groups is 1. The first-order chi connectivity index (χ1) is 15.9. The lowest BCUT2D eigenvalue weighted by Crippen LogP contribution is -2.35. The molecule has 0 spiro atoms. The Morgan fingerprint density at radius 3 is 2.30 bits per heavy atom. The molecular formula is C25H34N4O2S2. The molecule has 0 atom stereocenters. The monoisotopic (exact) mass is 486 g/mol. The fraction of sp³-hybridized carbons (Fsp3) is 0.600. The van der Waals surface area contributed by atoms with E-state index in [0.29, 0.717) is 27.9 Å². The van der Waals surface area contributed by atoms with Gasteiger partial charge in [0.15, 0.2) is 0 Å². The van der Waals surface area contributed by atoms with Crippen LogP contribution in [-0.2, 0) is 11.3 Å². The second-order valence-electron chi connectivity index (χ2n) is 8.75. The topological polar surface area (TPSA) is 69.3 Å². The van der Waals surface area contributed by atoms with Crippen molar-refractivity contribution >= 4 is 46.1 Å². The maximum absolute atomic E-state index is 13.3. The van der Waals surface area contributed by atoms with Crippen LogP contribution in [0.2, 0.25) is 0 Å². The van der Waals surface area contributed by atoms with E-state index in [1.807, 2.05) is 13.0 Å². The van der Waals surface area contributed by atoms with Crippen LogP contribution in [-0.4, -0.2) is 39.3 Å². The Bertz CT molecular complexity index is 1030. The molecule has 3 heterocycles. The summed E-state index contributed by atoms with van der Waals surface area (Å²) in [7, 11) is 0. The van der Waals surface area contributed by atoms with Crippen molar-refractivity contribution in [1.29, 1.82) is 5.26 Å². The molecule has 0 N–H and O–H groups in total. The standard InChI is InChI=1S/C25H34N4O2S2/c1-4-6-14-28-22(27-12-10-8-9-11-13-27)19(18(3)20(17-26)23(28)30)16-21-24(31)29(15-7-5-2)25(32)33-21/h16H,4-15H2,1-3H3/b21-16-. The average Bonchev–Trinajstić information content (AvgIpc) is 2.97. The summed E-state index contributed by atoms with van der Waals surface area (Å²) in [6.45, 7) is 8.94. The van der Waals surface area contributed by atoms with Crippen LogP contribution in [0.3, 0.4) is 0 Å². The number of amides is 1. The first-order valence-electron chi connectivity index (χ1n) is 12.1. The molecule has 2 aliphatic rings. The Labute approximate surface area is 206 Å². The van der Waals surface area contributed by atoms with Crippen molar-refractivity contribution < 1.29 is 4.79 Å². The van der Waals surface area contributed by atoms with E-state index < -0.39 is 0 Å². The van der Waals surface area contributed by atoms with Gasteiger partial charge in [-0.3, -0.25) is 19.1 Å². The van der Waals surface area contributed by atoms with Gasteiger partial charge in [0.25, 0.3) is 11.5 Å². The molecule has 0 radical (unpaired) electrons. The highest BCUT2D eigenvalue weighted by Gasteiger charge is 2.33. The number of aromatic nitrogens is 1. The predicted molar refractivity (Wildman–Crippen MR) is 141 cm³/mol. The van der Waals surface area contributed by atoms with Gasteiger partial charge in [0.05, 0.1) is 4.91 Å². The molecule has 2 saturated heterocycles. The molecule has 1 aromatic heterocycles. The second kappa shape index (κ2) is 11.8. The molecule has 1 amide bonds. The zero-order chi connectivity index (χ0) is 24.0. The van der Waals surface area contributed by atoms with Gasteiger partial charge < -0.3 is 4.90 Å². The molecule has 0 bridgehead atoms. The Morgan fingerprint density at radius 1 is 1.06 bits per heavy atom. The molecule has 0 aliphatic carbocycles. The third-order valence-electron chi connectivity index (χ3n) is 6.37. The van der Waals surface area contributed by atoms with Crippen LogP contribution in [0.1, 0.15) is 81.9 Å². The van der Waals surface area contributed by atoms with Crippen LogP contribution in [0.25, 0.3) is 6.08 Å². The van der Waals surface area contributed by atoms with Crippen molar-refractivity contribution in [3.63, 3.8) is 0 Å². The van der Waals surface area contributed by atoms with Crippen LogP contribution in [0.15, 0.2) is 9.70 Å². The Morgan fingerprint density at radius 2 is 1.70 bits per heavy atom. The van der Waals surface area contributed by atoms with Gasteiger partial charge in [-0.2, -0.15) is 5.26 Å². The molecule has 2 aliphatic heterocycles. The number of anilines is 1. The van der Waals surface area contributed by atoms with E-state index in [-0.39, 0.29) is 17.0 Å². The molecule has 3 rings (SSSR count). The number of thioether (sulfide) groups is 1. The lowest BCUT2D eigenvalue weighted by Gasteiger charge is -2.29. The van der Waals surface area contributed by atoms with Crippen molar-refractivity contribution in [1.82, 2.24) is 9.47 Å². The average molecular weight is 487 g/mol. The SMILES string of the molecule is CCCCN1C(=O)/C(=C/c2c(C)c(C#N)c(=O)n(CCCC)c2N2CCCCCC2)SC1=S. The first kappa shape index (κ1) is 25.5. The van der Waals surface area contributed by atoms with Gasteiger partial charge in [-0.1, -0.05) is 63.5 Å². The molecule has 178 valence electrons. The summed E-state index contributed by atoms with van der Waals surface area (Å²) in [6, 6.07) is 2.14. The number of nitriles is 1. The number of nitrogens with zero attached hydrogens (tertiary/aromatic N) is 4. The van der Waals surface area contributed by atoms with Gasteiger partial charge in [-0.05, 0) is 44.2 Å². The van der Waals surface area contributed by atoms with E-state index in [2.05, 4.69) is 24.8 Å². The van der Waals surface area contributed by atoms with E-state index in [4.69, 9.17) is 12.2 Å². The molecule has 0 aromatic carbocycles. The van der Waals surface area contributed by atoms with Gasteiger partial charge in [0.1, 0.15) is 21.8 Å². The summed E-state index contributed by atoms with van der Waals surface area (Å²) in [5.41, 5.74) is 1.39. The zero-order valence-electron chi connectivity index (χ0n) is 20.0. The number of carbonyl (C=O) groups excluding carboxylic acids is 1. The van der Waals surface area contributed by atoms with Crippen molar-refractivity contribution in [2.45, 2.75) is 78.7 Å². The van der Waals surface area contributed by atoms with Crippen LogP contribution in [0.4, 0.5) is 5.82 Å². The van der Waals surface area contributed by atoms with Crippen molar-refractivity contribution in [2.24, 2.45) is 0 Å². The quantitative estimate of drug-likeness (QED) is 0.371. The molecule has 6 nitrogen and oxygen atoms in total. The van der Waals surface area contributed by atoms with Crippen LogP contribution >= 0.6 is 24.0 Å².